The number of hydrogen-bond donors (Lipinski definition) is 3. The molecule has 11 heteroatoms. The lowest BCUT2D eigenvalue weighted by molar-refractivity contribution is -0.146. The van der Waals surface area contributed by atoms with Gasteiger partial charge in [-0.1, -0.05) is 74.8 Å². The second-order valence-corrected chi connectivity index (χ2v) is 11.7. The summed E-state index contributed by atoms with van der Waals surface area (Å²) in [5.41, 5.74) is 1.19. The van der Waals surface area contributed by atoms with Crippen molar-refractivity contribution in [3.05, 3.63) is 83.1 Å². The second kappa shape index (κ2) is 14.9. The third-order valence-electron chi connectivity index (χ3n) is 6.91. The number of rotatable bonds is 12. The predicted octanol–water partition coefficient (Wildman–Crippen LogP) is 2.82. The average molecular weight is 598 g/mol. The highest BCUT2D eigenvalue weighted by molar-refractivity contribution is 6.30. The van der Waals surface area contributed by atoms with Crippen molar-refractivity contribution in [2.45, 2.75) is 59.0 Å². The molecule has 3 N–H and O–H groups in total. The van der Waals surface area contributed by atoms with Gasteiger partial charge in [-0.25, -0.2) is 0 Å². The highest BCUT2D eigenvalue weighted by atomic mass is 35.5. The first kappa shape index (κ1) is 32.8. The van der Waals surface area contributed by atoms with Crippen LogP contribution in [0.5, 0.6) is 0 Å². The number of nitrogens with zero attached hydrogens (tertiary/aromatic N) is 2. The minimum absolute atomic E-state index is 0.0442. The number of nitrogens with one attached hydrogen (secondary N) is 3. The third-order valence-corrected chi connectivity index (χ3v) is 7.16. The van der Waals surface area contributed by atoms with Gasteiger partial charge in [0.15, 0.2) is 0 Å². The Morgan fingerprint density at radius 2 is 1.64 bits per heavy atom. The van der Waals surface area contributed by atoms with Crippen molar-refractivity contribution >= 4 is 35.2 Å². The molecular weight excluding hydrogens is 558 g/mol. The molecule has 2 aromatic rings. The van der Waals surface area contributed by atoms with E-state index < -0.39 is 35.4 Å². The first-order valence-corrected chi connectivity index (χ1v) is 14.2. The topological polar surface area (TPSA) is 120 Å². The van der Waals surface area contributed by atoms with Gasteiger partial charge in [0.25, 0.3) is 5.91 Å². The Labute approximate surface area is 252 Å². The lowest BCUT2D eigenvalue weighted by Gasteiger charge is -2.36. The Hall–Kier alpha value is -3.73. The fraction of sp³-hybridized carbons (Fsp3) is 0.419. The van der Waals surface area contributed by atoms with E-state index in [0.717, 1.165) is 11.1 Å². The number of ether oxygens (including phenoxy) is 1. The van der Waals surface area contributed by atoms with E-state index in [0.29, 0.717) is 11.6 Å². The Kier molecular flexibility index (Phi) is 11.7. The molecule has 0 radical (unpaired) electrons. The van der Waals surface area contributed by atoms with E-state index >= 15 is 0 Å². The van der Waals surface area contributed by atoms with Crippen LogP contribution >= 0.6 is 11.6 Å². The summed E-state index contributed by atoms with van der Waals surface area (Å²) in [5.74, 6) is -1.64. The van der Waals surface area contributed by atoms with Gasteiger partial charge in [-0.2, -0.15) is 0 Å². The van der Waals surface area contributed by atoms with E-state index in [2.05, 4.69) is 16.0 Å². The number of hydrogen-bond acceptors (Lipinski definition) is 6. The van der Waals surface area contributed by atoms with Gasteiger partial charge in [-0.3, -0.25) is 19.2 Å². The predicted molar refractivity (Wildman–Crippen MR) is 161 cm³/mol. The summed E-state index contributed by atoms with van der Waals surface area (Å²) in [6, 6.07) is 14.4. The molecule has 0 aromatic heterocycles. The van der Waals surface area contributed by atoms with Crippen LogP contribution in [0.25, 0.3) is 0 Å². The minimum Gasteiger partial charge on any atom is -0.374 e. The molecule has 2 aromatic carbocycles. The fourth-order valence-electron chi connectivity index (χ4n) is 4.26. The Balaban J connectivity index is 1.73. The van der Waals surface area contributed by atoms with Crippen molar-refractivity contribution in [1.29, 1.82) is 0 Å². The van der Waals surface area contributed by atoms with Crippen LogP contribution < -0.4 is 16.0 Å². The van der Waals surface area contributed by atoms with Crippen LogP contribution in [0.3, 0.4) is 0 Å². The van der Waals surface area contributed by atoms with Gasteiger partial charge >= 0.3 is 0 Å². The molecule has 3 atom stereocenters. The zero-order valence-corrected chi connectivity index (χ0v) is 25.5. The standard InChI is InChI=1S/C31H40ClN5O5/c1-21(33-5)28(39)35-27(31(2,3)4)29(40)34-17-26(38)37-16-15-36(18-22-11-13-24(32)14-12-22)30(41)25(37)20-42-19-23-9-7-6-8-10-23/h6-16,21,25,27,33H,17-20H2,1-5H3,(H,34,40)(H,35,39)/t21-,25-,27+/m0/s1. The number of likely N-dealkylation sites (N-methyl/N-ethyl adjacent to an activating group) is 1. The largest absolute Gasteiger partial charge is 0.374 e. The minimum atomic E-state index is -0.940. The van der Waals surface area contributed by atoms with Crippen LogP contribution in [-0.4, -0.2) is 71.8 Å². The highest BCUT2D eigenvalue weighted by Crippen LogP contribution is 2.21. The van der Waals surface area contributed by atoms with E-state index in [1.807, 2.05) is 63.2 Å². The third kappa shape index (κ3) is 9.14. The summed E-state index contributed by atoms with van der Waals surface area (Å²) in [4.78, 5) is 55.4. The molecule has 42 heavy (non-hydrogen) atoms. The van der Waals surface area contributed by atoms with Crippen molar-refractivity contribution in [3.63, 3.8) is 0 Å². The summed E-state index contributed by atoms with van der Waals surface area (Å²) in [6.45, 7) is 7.30. The van der Waals surface area contributed by atoms with Crippen molar-refractivity contribution in [2.24, 2.45) is 5.41 Å². The van der Waals surface area contributed by atoms with Crippen LogP contribution in [0.2, 0.25) is 5.02 Å². The van der Waals surface area contributed by atoms with Gasteiger partial charge in [0.05, 0.1) is 32.3 Å². The summed E-state index contributed by atoms with van der Waals surface area (Å²) >= 11 is 6.00. The first-order chi connectivity index (χ1) is 19.9. The normalized spacial score (nSPS) is 16.6. The van der Waals surface area contributed by atoms with E-state index in [4.69, 9.17) is 16.3 Å². The molecule has 3 rings (SSSR count). The monoisotopic (exact) mass is 597 g/mol. The van der Waals surface area contributed by atoms with Crippen LogP contribution in [0.1, 0.15) is 38.8 Å². The van der Waals surface area contributed by atoms with E-state index in [-0.39, 0.29) is 31.6 Å². The molecule has 0 saturated carbocycles. The van der Waals surface area contributed by atoms with E-state index in [9.17, 15) is 19.2 Å². The maximum absolute atomic E-state index is 13.6. The summed E-state index contributed by atoms with van der Waals surface area (Å²) < 4.78 is 5.88. The first-order valence-electron chi connectivity index (χ1n) is 13.8. The number of carbonyl (C=O) groups excluding carboxylic acids is 4. The molecule has 0 bridgehead atoms. The highest BCUT2D eigenvalue weighted by Gasteiger charge is 2.37. The van der Waals surface area contributed by atoms with Crippen molar-refractivity contribution in [1.82, 2.24) is 25.8 Å². The molecule has 0 saturated heterocycles. The molecule has 0 fully saturated rings. The molecule has 10 nitrogen and oxygen atoms in total. The van der Waals surface area contributed by atoms with Gasteiger partial charge in [-0.05, 0) is 42.6 Å². The summed E-state index contributed by atoms with van der Waals surface area (Å²) in [7, 11) is 1.65. The molecule has 1 aliphatic rings. The Morgan fingerprint density at radius 1 is 0.976 bits per heavy atom. The molecule has 0 aliphatic carbocycles. The quantitative estimate of drug-likeness (QED) is 0.346. The lowest BCUT2D eigenvalue weighted by atomic mass is 9.86. The van der Waals surface area contributed by atoms with Gasteiger partial charge < -0.3 is 30.5 Å². The lowest BCUT2D eigenvalue weighted by Crippen LogP contribution is -2.58. The van der Waals surface area contributed by atoms with Gasteiger partial charge in [0.1, 0.15) is 12.1 Å². The number of amides is 4. The smallest absolute Gasteiger partial charge is 0.252 e. The van der Waals surface area contributed by atoms with Gasteiger partial charge in [-0.15, -0.1) is 0 Å². The average Bonchev–Trinajstić information content (AvgIpc) is 2.96. The second-order valence-electron chi connectivity index (χ2n) is 11.2. The van der Waals surface area contributed by atoms with Crippen LogP contribution in [0, 0.1) is 5.41 Å². The SMILES string of the molecule is CN[C@@H](C)C(=O)N[C@H](C(=O)NCC(=O)N1C=CN(Cc2ccc(Cl)cc2)C(=O)[C@@H]1COCc1ccccc1)C(C)(C)C. The van der Waals surface area contributed by atoms with Gasteiger partial charge in [0.2, 0.25) is 17.7 Å². The zero-order valence-electron chi connectivity index (χ0n) is 24.7. The maximum atomic E-state index is 13.6. The van der Waals surface area contributed by atoms with Gasteiger partial charge in [0, 0.05) is 17.4 Å². The Bertz CT molecular complexity index is 1260. The van der Waals surface area contributed by atoms with Crippen molar-refractivity contribution in [3.8, 4) is 0 Å². The van der Waals surface area contributed by atoms with E-state index in [1.165, 1.54) is 16.0 Å². The molecule has 226 valence electrons. The fourth-order valence-corrected chi connectivity index (χ4v) is 4.38. The maximum Gasteiger partial charge on any atom is 0.252 e. The Morgan fingerprint density at radius 3 is 2.26 bits per heavy atom. The zero-order chi connectivity index (χ0) is 30.9. The number of benzene rings is 2. The van der Waals surface area contributed by atoms with Crippen LogP contribution in [-0.2, 0) is 37.1 Å². The molecule has 0 spiro atoms. The number of halogens is 1. The summed E-state index contributed by atoms with van der Waals surface area (Å²) in [5, 5.41) is 8.84. The van der Waals surface area contributed by atoms with Crippen molar-refractivity contribution < 1.29 is 23.9 Å². The molecular formula is C31H40ClN5O5. The van der Waals surface area contributed by atoms with Crippen LogP contribution in [0.15, 0.2) is 67.0 Å². The number of carbonyl (C=O) groups is 4. The molecule has 1 aliphatic heterocycles. The van der Waals surface area contributed by atoms with Crippen LogP contribution in [0.4, 0.5) is 0 Å². The van der Waals surface area contributed by atoms with E-state index in [1.54, 1.807) is 32.3 Å². The molecule has 4 amide bonds. The molecule has 1 heterocycles. The van der Waals surface area contributed by atoms with Crippen molar-refractivity contribution in [2.75, 3.05) is 20.2 Å². The summed E-state index contributed by atoms with van der Waals surface area (Å²) in [6.07, 6.45) is 3.07. The molecule has 0 unspecified atom stereocenters.